The Morgan fingerprint density at radius 2 is 2.00 bits per heavy atom. The molecule has 20 heavy (non-hydrogen) atoms. The largest absolute Gasteiger partial charge is 0.311 e. The van der Waals surface area contributed by atoms with Gasteiger partial charge in [0.15, 0.2) is 0 Å². The third kappa shape index (κ3) is 4.49. The highest BCUT2D eigenvalue weighted by atomic mass is 15.3. The van der Waals surface area contributed by atoms with Crippen LogP contribution in [0.15, 0.2) is 42.6 Å². The summed E-state index contributed by atoms with van der Waals surface area (Å²) in [7, 11) is 0. The van der Waals surface area contributed by atoms with Gasteiger partial charge in [0, 0.05) is 18.8 Å². The van der Waals surface area contributed by atoms with Crippen LogP contribution >= 0.6 is 0 Å². The van der Waals surface area contributed by atoms with Crippen molar-refractivity contribution in [2.45, 2.75) is 45.7 Å². The fourth-order valence-corrected chi connectivity index (χ4v) is 2.18. The van der Waals surface area contributed by atoms with Gasteiger partial charge < -0.3 is 5.32 Å². The second kappa shape index (κ2) is 7.85. The molecule has 0 aliphatic carbocycles. The van der Waals surface area contributed by atoms with Crippen molar-refractivity contribution in [1.82, 2.24) is 15.1 Å². The summed E-state index contributed by atoms with van der Waals surface area (Å²) in [5.41, 5.74) is 2.54. The number of benzene rings is 1. The molecule has 3 heteroatoms. The van der Waals surface area contributed by atoms with E-state index < -0.39 is 0 Å². The maximum Gasteiger partial charge on any atom is 0.0762 e. The lowest BCUT2D eigenvalue weighted by molar-refractivity contribution is 0.471. The van der Waals surface area contributed by atoms with Gasteiger partial charge in [-0.2, -0.15) is 5.10 Å². The van der Waals surface area contributed by atoms with Gasteiger partial charge in [-0.3, -0.25) is 4.68 Å². The van der Waals surface area contributed by atoms with Gasteiger partial charge in [-0.15, -0.1) is 0 Å². The van der Waals surface area contributed by atoms with Crippen LogP contribution in [0.2, 0.25) is 0 Å². The van der Waals surface area contributed by atoms with E-state index in [0.717, 1.165) is 38.0 Å². The first-order valence-corrected chi connectivity index (χ1v) is 7.58. The zero-order valence-corrected chi connectivity index (χ0v) is 12.5. The molecule has 1 N–H and O–H groups in total. The summed E-state index contributed by atoms with van der Waals surface area (Å²) in [5, 5.41) is 8.06. The van der Waals surface area contributed by atoms with Crippen molar-refractivity contribution < 1.29 is 0 Å². The van der Waals surface area contributed by atoms with Crippen molar-refractivity contribution in [3.05, 3.63) is 53.9 Å². The summed E-state index contributed by atoms with van der Waals surface area (Å²) in [4.78, 5) is 0. The molecule has 0 radical (unpaired) electrons. The molecule has 2 rings (SSSR count). The lowest BCUT2D eigenvalue weighted by atomic mass is 10.1. The fourth-order valence-electron chi connectivity index (χ4n) is 2.18. The van der Waals surface area contributed by atoms with E-state index >= 15 is 0 Å². The van der Waals surface area contributed by atoms with Crippen LogP contribution < -0.4 is 5.32 Å². The molecule has 0 saturated carbocycles. The highest BCUT2D eigenvalue weighted by molar-refractivity contribution is 5.14. The van der Waals surface area contributed by atoms with Crippen molar-refractivity contribution in [2.24, 2.45) is 0 Å². The maximum absolute atomic E-state index is 4.59. The molecule has 0 bridgehead atoms. The molecule has 1 atom stereocenters. The molecule has 0 saturated heterocycles. The Morgan fingerprint density at radius 3 is 2.75 bits per heavy atom. The molecule has 0 amide bonds. The van der Waals surface area contributed by atoms with E-state index in [1.54, 1.807) is 0 Å². The summed E-state index contributed by atoms with van der Waals surface area (Å²) in [6, 6.07) is 13.2. The molecule has 0 aliphatic rings. The minimum atomic E-state index is 0.488. The number of nitrogens with zero attached hydrogens (tertiary/aromatic N) is 2. The number of aryl methyl sites for hydroxylation is 1. The van der Waals surface area contributed by atoms with E-state index in [1.807, 2.05) is 0 Å². The number of nitrogens with one attached hydrogen (secondary N) is 1. The number of hydrogen-bond donors (Lipinski definition) is 1. The predicted molar refractivity (Wildman–Crippen MR) is 83.7 cm³/mol. The smallest absolute Gasteiger partial charge is 0.0762 e. The third-order valence-electron chi connectivity index (χ3n) is 3.67. The van der Waals surface area contributed by atoms with Crippen LogP contribution in [0.25, 0.3) is 0 Å². The van der Waals surface area contributed by atoms with Crippen LogP contribution in [-0.2, 0) is 13.0 Å². The zero-order valence-electron chi connectivity index (χ0n) is 12.5. The van der Waals surface area contributed by atoms with E-state index in [-0.39, 0.29) is 0 Å². The van der Waals surface area contributed by atoms with Gasteiger partial charge in [0.25, 0.3) is 0 Å². The monoisotopic (exact) mass is 271 g/mol. The summed E-state index contributed by atoms with van der Waals surface area (Å²) in [5.74, 6) is 0. The number of aromatic nitrogens is 2. The molecule has 3 nitrogen and oxygen atoms in total. The lowest BCUT2D eigenvalue weighted by Crippen LogP contribution is -2.16. The average molecular weight is 271 g/mol. The van der Waals surface area contributed by atoms with Gasteiger partial charge in [-0.05, 0) is 44.4 Å². The van der Waals surface area contributed by atoms with Gasteiger partial charge in [0.2, 0.25) is 0 Å². The number of rotatable bonds is 8. The van der Waals surface area contributed by atoms with Gasteiger partial charge in [-0.25, -0.2) is 0 Å². The molecule has 0 aliphatic heterocycles. The Hall–Kier alpha value is -1.61. The van der Waals surface area contributed by atoms with E-state index in [9.17, 15) is 0 Å². The third-order valence-corrected chi connectivity index (χ3v) is 3.67. The van der Waals surface area contributed by atoms with E-state index in [1.165, 1.54) is 5.56 Å². The van der Waals surface area contributed by atoms with Crippen LogP contribution in [0, 0.1) is 0 Å². The Balaban J connectivity index is 1.65. The summed E-state index contributed by atoms with van der Waals surface area (Å²) in [6.07, 6.45) is 5.49. The van der Waals surface area contributed by atoms with Gasteiger partial charge in [0.05, 0.1) is 5.69 Å². The normalized spacial score (nSPS) is 12.5. The second-order valence-corrected chi connectivity index (χ2v) is 5.31. The molecule has 0 spiro atoms. The molecular weight excluding hydrogens is 246 g/mol. The highest BCUT2D eigenvalue weighted by Crippen LogP contribution is 2.09. The molecule has 2 aromatic rings. The first-order valence-electron chi connectivity index (χ1n) is 7.58. The Morgan fingerprint density at radius 1 is 1.20 bits per heavy atom. The van der Waals surface area contributed by atoms with Crippen molar-refractivity contribution in [3.8, 4) is 0 Å². The van der Waals surface area contributed by atoms with Crippen molar-refractivity contribution in [3.63, 3.8) is 0 Å². The Labute approximate surface area is 122 Å². The zero-order chi connectivity index (χ0) is 14.2. The average Bonchev–Trinajstić information content (AvgIpc) is 2.96. The summed E-state index contributed by atoms with van der Waals surface area (Å²) in [6.45, 7) is 6.28. The van der Waals surface area contributed by atoms with Crippen LogP contribution in [0.5, 0.6) is 0 Å². The fraction of sp³-hybridized carbons (Fsp3) is 0.471. The van der Waals surface area contributed by atoms with Crippen molar-refractivity contribution >= 4 is 0 Å². The molecular formula is C17H25N3. The second-order valence-electron chi connectivity index (χ2n) is 5.31. The maximum atomic E-state index is 4.59. The Kier molecular flexibility index (Phi) is 5.81. The standard InChI is InChI=1S/C17H25N3/c1-3-15(2)20-13-11-17(19-20)14-18-12-7-10-16-8-5-4-6-9-16/h4-6,8-9,11,13,15,18H,3,7,10,12,14H2,1-2H3. The quantitative estimate of drug-likeness (QED) is 0.744. The van der Waals surface area contributed by atoms with Crippen molar-refractivity contribution in [1.29, 1.82) is 0 Å². The Bertz CT molecular complexity index is 490. The predicted octanol–water partition coefficient (Wildman–Crippen LogP) is 3.58. The lowest BCUT2D eigenvalue weighted by Gasteiger charge is -2.08. The molecule has 1 aromatic carbocycles. The van der Waals surface area contributed by atoms with Crippen molar-refractivity contribution in [2.75, 3.05) is 6.54 Å². The first kappa shape index (κ1) is 14.8. The summed E-state index contributed by atoms with van der Waals surface area (Å²) >= 11 is 0. The van der Waals surface area contributed by atoms with Gasteiger partial charge in [0.1, 0.15) is 0 Å². The van der Waals surface area contributed by atoms with Gasteiger partial charge >= 0.3 is 0 Å². The van der Waals surface area contributed by atoms with E-state index in [0.29, 0.717) is 6.04 Å². The molecule has 1 aromatic heterocycles. The topological polar surface area (TPSA) is 29.9 Å². The van der Waals surface area contributed by atoms with Crippen LogP contribution in [0.4, 0.5) is 0 Å². The number of hydrogen-bond acceptors (Lipinski definition) is 2. The molecule has 1 unspecified atom stereocenters. The molecule has 108 valence electrons. The minimum absolute atomic E-state index is 0.488. The molecule has 1 heterocycles. The first-order chi connectivity index (χ1) is 9.79. The SMILES string of the molecule is CCC(C)n1ccc(CNCCCc2ccccc2)n1. The minimum Gasteiger partial charge on any atom is -0.311 e. The highest BCUT2D eigenvalue weighted by Gasteiger charge is 2.03. The van der Waals surface area contributed by atoms with Crippen LogP contribution in [0.1, 0.15) is 44.0 Å². The van der Waals surface area contributed by atoms with Gasteiger partial charge in [-0.1, -0.05) is 37.3 Å². The van der Waals surface area contributed by atoms with E-state index in [4.69, 9.17) is 0 Å². The molecule has 0 fully saturated rings. The van der Waals surface area contributed by atoms with Crippen LogP contribution in [0.3, 0.4) is 0 Å². The van der Waals surface area contributed by atoms with Crippen LogP contribution in [-0.4, -0.2) is 16.3 Å². The van der Waals surface area contributed by atoms with E-state index in [2.05, 4.69) is 71.5 Å². The summed E-state index contributed by atoms with van der Waals surface area (Å²) < 4.78 is 2.06.